The van der Waals surface area contributed by atoms with Gasteiger partial charge >= 0.3 is 5.97 Å². The summed E-state index contributed by atoms with van der Waals surface area (Å²) in [6.07, 6.45) is 6.10. The zero-order valence-corrected chi connectivity index (χ0v) is 8.29. The predicted octanol–water partition coefficient (Wildman–Crippen LogP) is 2.38. The van der Waals surface area contributed by atoms with Crippen molar-refractivity contribution in [2.45, 2.75) is 39.0 Å². The SMILES string of the molecule is CCOC(=O)C[C@@H]1C[C@@H]2CC[C@H]1C2. The summed E-state index contributed by atoms with van der Waals surface area (Å²) in [6, 6.07) is 0. The molecule has 0 heterocycles. The molecule has 2 aliphatic carbocycles. The third-order valence-corrected chi connectivity index (χ3v) is 3.62. The fourth-order valence-electron chi connectivity index (χ4n) is 3.06. The Morgan fingerprint density at radius 1 is 1.38 bits per heavy atom. The standard InChI is InChI=1S/C11H18O2/c1-2-13-11(12)7-10-6-8-3-4-9(10)5-8/h8-10H,2-7H2,1H3/t8-,9+,10+/m1/s1. The molecule has 2 fully saturated rings. The van der Waals surface area contributed by atoms with Crippen LogP contribution in [0.2, 0.25) is 0 Å². The van der Waals surface area contributed by atoms with E-state index in [2.05, 4.69) is 0 Å². The summed E-state index contributed by atoms with van der Waals surface area (Å²) in [5.74, 6) is 2.44. The van der Waals surface area contributed by atoms with Crippen molar-refractivity contribution < 1.29 is 9.53 Å². The molecule has 74 valence electrons. The number of hydrogen-bond acceptors (Lipinski definition) is 2. The molecule has 3 atom stereocenters. The molecule has 2 nitrogen and oxygen atoms in total. The van der Waals surface area contributed by atoms with Gasteiger partial charge in [-0.15, -0.1) is 0 Å². The molecule has 0 saturated heterocycles. The van der Waals surface area contributed by atoms with Crippen LogP contribution in [0.4, 0.5) is 0 Å². The van der Waals surface area contributed by atoms with Gasteiger partial charge < -0.3 is 4.74 Å². The first kappa shape index (κ1) is 9.04. The summed E-state index contributed by atoms with van der Waals surface area (Å²) in [7, 11) is 0. The van der Waals surface area contributed by atoms with Crippen LogP contribution < -0.4 is 0 Å². The first-order valence-corrected chi connectivity index (χ1v) is 5.45. The van der Waals surface area contributed by atoms with Gasteiger partial charge in [0.05, 0.1) is 6.61 Å². The van der Waals surface area contributed by atoms with Gasteiger partial charge in [0.25, 0.3) is 0 Å². The normalized spacial score (nSPS) is 36.5. The molecular weight excluding hydrogens is 164 g/mol. The largest absolute Gasteiger partial charge is 0.466 e. The van der Waals surface area contributed by atoms with E-state index < -0.39 is 0 Å². The summed E-state index contributed by atoms with van der Waals surface area (Å²) in [5.41, 5.74) is 0. The number of ether oxygens (including phenoxy) is 1. The fraction of sp³-hybridized carbons (Fsp3) is 0.909. The maximum atomic E-state index is 11.3. The maximum Gasteiger partial charge on any atom is 0.306 e. The number of esters is 1. The fourth-order valence-corrected chi connectivity index (χ4v) is 3.06. The zero-order valence-electron chi connectivity index (χ0n) is 8.29. The van der Waals surface area contributed by atoms with Crippen molar-refractivity contribution in [2.24, 2.45) is 17.8 Å². The van der Waals surface area contributed by atoms with Gasteiger partial charge in [-0.3, -0.25) is 4.79 Å². The Kier molecular flexibility index (Phi) is 2.56. The van der Waals surface area contributed by atoms with Crippen LogP contribution in [0, 0.1) is 17.8 Å². The first-order valence-electron chi connectivity index (χ1n) is 5.45. The molecule has 0 unspecified atom stereocenters. The van der Waals surface area contributed by atoms with Crippen molar-refractivity contribution in [1.29, 1.82) is 0 Å². The minimum absolute atomic E-state index is 0.0139. The van der Waals surface area contributed by atoms with Crippen molar-refractivity contribution >= 4 is 5.97 Å². The van der Waals surface area contributed by atoms with E-state index in [0.29, 0.717) is 18.9 Å². The van der Waals surface area contributed by atoms with Gasteiger partial charge in [-0.25, -0.2) is 0 Å². The molecule has 2 heteroatoms. The lowest BCUT2D eigenvalue weighted by Crippen LogP contribution is -2.16. The Morgan fingerprint density at radius 3 is 2.77 bits per heavy atom. The van der Waals surface area contributed by atoms with Gasteiger partial charge in [0.1, 0.15) is 0 Å². The van der Waals surface area contributed by atoms with E-state index in [4.69, 9.17) is 4.74 Å². The van der Waals surface area contributed by atoms with E-state index in [0.717, 1.165) is 11.8 Å². The quantitative estimate of drug-likeness (QED) is 0.626. The molecule has 0 amide bonds. The average molecular weight is 182 g/mol. The van der Waals surface area contributed by atoms with Crippen LogP contribution in [0.3, 0.4) is 0 Å². The third kappa shape index (κ3) is 1.87. The van der Waals surface area contributed by atoms with Gasteiger partial charge in [0.15, 0.2) is 0 Å². The van der Waals surface area contributed by atoms with Crippen LogP contribution in [0.5, 0.6) is 0 Å². The van der Waals surface area contributed by atoms with Gasteiger partial charge in [0.2, 0.25) is 0 Å². The topological polar surface area (TPSA) is 26.3 Å². The van der Waals surface area contributed by atoms with E-state index in [-0.39, 0.29) is 5.97 Å². The van der Waals surface area contributed by atoms with Gasteiger partial charge in [-0.2, -0.15) is 0 Å². The molecule has 13 heavy (non-hydrogen) atoms. The van der Waals surface area contributed by atoms with E-state index in [1.165, 1.54) is 25.7 Å². The molecule has 2 saturated carbocycles. The number of hydrogen-bond donors (Lipinski definition) is 0. The van der Waals surface area contributed by atoms with Crippen LogP contribution in [-0.4, -0.2) is 12.6 Å². The Morgan fingerprint density at radius 2 is 2.23 bits per heavy atom. The van der Waals surface area contributed by atoms with Crippen molar-refractivity contribution in [3.8, 4) is 0 Å². The van der Waals surface area contributed by atoms with Crippen LogP contribution in [-0.2, 0) is 9.53 Å². The van der Waals surface area contributed by atoms with E-state index in [1.54, 1.807) is 0 Å². The highest BCUT2D eigenvalue weighted by molar-refractivity contribution is 5.69. The smallest absolute Gasteiger partial charge is 0.306 e. The second kappa shape index (κ2) is 3.69. The Labute approximate surface area is 79.7 Å². The highest BCUT2D eigenvalue weighted by Gasteiger charge is 2.40. The van der Waals surface area contributed by atoms with Crippen LogP contribution in [0.15, 0.2) is 0 Å². The van der Waals surface area contributed by atoms with Gasteiger partial charge in [-0.05, 0) is 43.9 Å². The van der Waals surface area contributed by atoms with Crippen LogP contribution >= 0.6 is 0 Å². The second-order valence-corrected chi connectivity index (χ2v) is 4.44. The van der Waals surface area contributed by atoms with Crippen LogP contribution in [0.25, 0.3) is 0 Å². The molecule has 0 aromatic rings. The van der Waals surface area contributed by atoms with E-state index in [9.17, 15) is 4.79 Å². The molecule has 0 spiro atoms. The van der Waals surface area contributed by atoms with Crippen molar-refractivity contribution in [3.05, 3.63) is 0 Å². The second-order valence-electron chi connectivity index (χ2n) is 4.44. The summed E-state index contributed by atoms with van der Waals surface area (Å²) in [4.78, 5) is 11.3. The molecule has 0 N–H and O–H groups in total. The van der Waals surface area contributed by atoms with E-state index in [1.807, 2.05) is 6.92 Å². The lowest BCUT2D eigenvalue weighted by atomic mass is 9.86. The number of carbonyl (C=O) groups excluding carboxylic acids is 1. The molecule has 0 radical (unpaired) electrons. The maximum absolute atomic E-state index is 11.3. The first-order chi connectivity index (χ1) is 6.29. The lowest BCUT2D eigenvalue weighted by Gasteiger charge is -2.20. The number of fused-ring (bicyclic) bond motifs is 2. The minimum Gasteiger partial charge on any atom is -0.466 e. The molecule has 0 aromatic heterocycles. The molecular formula is C11H18O2. The average Bonchev–Trinajstić information content (AvgIpc) is 2.65. The molecule has 2 bridgehead atoms. The van der Waals surface area contributed by atoms with Crippen molar-refractivity contribution in [2.75, 3.05) is 6.61 Å². The Balaban J connectivity index is 1.79. The predicted molar refractivity (Wildman–Crippen MR) is 50.2 cm³/mol. The van der Waals surface area contributed by atoms with Crippen LogP contribution in [0.1, 0.15) is 39.0 Å². The van der Waals surface area contributed by atoms with Gasteiger partial charge in [0, 0.05) is 6.42 Å². The summed E-state index contributed by atoms with van der Waals surface area (Å²) in [5, 5.41) is 0. The lowest BCUT2D eigenvalue weighted by molar-refractivity contribution is -0.144. The zero-order chi connectivity index (χ0) is 9.26. The third-order valence-electron chi connectivity index (χ3n) is 3.62. The number of rotatable bonds is 3. The van der Waals surface area contributed by atoms with Crippen molar-refractivity contribution in [1.82, 2.24) is 0 Å². The Bertz CT molecular complexity index is 200. The highest BCUT2D eigenvalue weighted by atomic mass is 16.5. The summed E-state index contributed by atoms with van der Waals surface area (Å²) in [6.45, 7) is 2.40. The molecule has 0 aliphatic heterocycles. The highest BCUT2D eigenvalue weighted by Crippen LogP contribution is 2.49. The number of carbonyl (C=O) groups is 1. The van der Waals surface area contributed by atoms with E-state index >= 15 is 0 Å². The molecule has 2 aliphatic rings. The monoisotopic (exact) mass is 182 g/mol. The van der Waals surface area contributed by atoms with Gasteiger partial charge in [-0.1, -0.05) is 6.42 Å². The Hall–Kier alpha value is -0.530. The molecule has 2 rings (SSSR count). The molecule has 0 aromatic carbocycles. The van der Waals surface area contributed by atoms with Crippen molar-refractivity contribution in [3.63, 3.8) is 0 Å². The minimum atomic E-state index is 0.0139. The summed E-state index contributed by atoms with van der Waals surface area (Å²) >= 11 is 0. The summed E-state index contributed by atoms with van der Waals surface area (Å²) < 4.78 is 4.97.